The van der Waals surface area contributed by atoms with E-state index in [1.54, 1.807) is 24.5 Å². The van der Waals surface area contributed by atoms with Gasteiger partial charge in [-0.1, -0.05) is 6.07 Å². The predicted octanol–water partition coefficient (Wildman–Crippen LogP) is 2.67. The zero-order valence-corrected chi connectivity index (χ0v) is 15.3. The Balaban J connectivity index is 1.51. The maximum atomic E-state index is 14.4. The van der Waals surface area contributed by atoms with Crippen molar-refractivity contribution in [2.75, 3.05) is 6.61 Å². The average Bonchev–Trinajstić information content (AvgIpc) is 3.23. The summed E-state index contributed by atoms with van der Waals surface area (Å²) in [7, 11) is 0. The molecule has 5 rings (SSSR count). The molecule has 3 atom stereocenters. The molecule has 29 heavy (non-hydrogen) atoms. The Morgan fingerprint density at radius 1 is 1.34 bits per heavy atom. The van der Waals surface area contributed by atoms with E-state index in [4.69, 9.17) is 0 Å². The summed E-state index contributed by atoms with van der Waals surface area (Å²) in [5.41, 5.74) is 2.65. The molecule has 148 valence electrons. The van der Waals surface area contributed by atoms with Crippen molar-refractivity contribution in [2.24, 2.45) is 5.92 Å². The molecule has 0 aliphatic heterocycles. The normalized spacial score (nSPS) is 20.1. The van der Waals surface area contributed by atoms with E-state index in [0.29, 0.717) is 17.9 Å². The minimum absolute atomic E-state index is 0.125. The van der Waals surface area contributed by atoms with Crippen LogP contribution in [0.4, 0.5) is 8.78 Å². The Kier molecular flexibility index (Phi) is 4.16. The van der Waals surface area contributed by atoms with Crippen LogP contribution in [-0.2, 0) is 6.42 Å². The lowest BCUT2D eigenvalue weighted by Crippen LogP contribution is -2.31. The molecule has 0 spiro atoms. The number of carbonyl (C=O) groups is 1. The van der Waals surface area contributed by atoms with Crippen molar-refractivity contribution in [3.63, 3.8) is 0 Å². The van der Waals surface area contributed by atoms with E-state index in [9.17, 15) is 18.7 Å². The number of pyridine rings is 1. The Morgan fingerprint density at radius 3 is 2.93 bits per heavy atom. The van der Waals surface area contributed by atoms with Gasteiger partial charge < -0.3 is 10.4 Å². The molecule has 0 bridgehead atoms. The molecule has 0 unspecified atom stereocenters. The SMILES string of the molecule is O=C(N[C@@H](CO)c1cccnc1)c1nn(-c2ccc(F)cc2F)c2c1C[C@H]1C[C@@H]21. The van der Waals surface area contributed by atoms with Crippen LogP contribution < -0.4 is 5.32 Å². The second-order valence-electron chi connectivity index (χ2n) is 7.52. The van der Waals surface area contributed by atoms with Crippen molar-refractivity contribution in [3.8, 4) is 5.69 Å². The van der Waals surface area contributed by atoms with E-state index in [2.05, 4.69) is 15.4 Å². The molecule has 3 aromatic rings. The van der Waals surface area contributed by atoms with Gasteiger partial charge in [0.2, 0.25) is 0 Å². The lowest BCUT2D eigenvalue weighted by atomic mass is 10.1. The average molecular weight is 396 g/mol. The molecule has 0 radical (unpaired) electrons. The number of nitrogens with one attached hydrogen (secondary N) is 1. The zero-order chi connectivity index (χ0) is 20.1. The lowest BCUT2D eigenvalue weighted by molar-refractivity contribution is 0.0909. The van der Waals surface area contributed by atoms with Crippen LogP contribution in [0, 0.1) is 17.6 Å². The molecule has 2 aliphatic carbocycles. The van der Waals surface area contributed by atoms with Crippen molar-refractivity contribution in [1.29, 1.82) is 0 Å². The van der Waals surface area contributed by atoms with Crippen LogP contribution in [0.5, 0.6) is 0 Å². The molecule has 1 amide bonds. The molecule has 8 heteroatoms. The summed E-state index contributed by atoms with van der Waals surface area (Å²) < 4.78 is 29.2. The van der Waals surface area contributed by atoms with E-state index < -0.39 is 23.6 Å². The molecule has 0 saturated heterocycles. The summed E-state index contributed by atoms with van der Waals surface area (Å²) in [5, 5.41) is 16.9. The van der Waals surface area contributed by atoms with Crippen LogP contribution in [-0.4, -0.2) is 32.4 Å². The topological polar surface area (TPSA) is 80.0 Å². The molecular weight excluding hydrogens is 378 g/mol. The second kappa shape index (κ2) is 6.73. The first kappa shape index (κ1) is 17.9. The largest absolute Gasteiger partial charge is 0.394 e. The molecule has 1 saturated carbocycles. The van der Waals surface area contributed by atoms with Crippen LogP contribution in [0.15, 0.2) is 42.7 Å². The Hall–Kier alpha value is -3.13. The van der Waals surface area contributed by atoms with E-state index in [1.807, 2.05) is 0 Å². The molecule has 1 aromatic carbocycles. The standard InChI is InChI=1S/C21H18F2N4O2/c22-13-3-4-18(16(23)8-13)27-20-14-6-12(14)7-15(20)19(26-27)21(29)25-17(10-28)11-2-1-5-24-9-11/h1-5,8-9,12,14,17,28H,6-7,10H2,(H,25,29)/t12-,14-,17+/m1/s1. The monoisotopic (exact) mass is 396 g/mol. The number of hydrogen-bond donors (Lipinski definition) is 2. The Labute approximate surface area is 165 Å². The van der Waals surface area contributed by atoms with E-state index >= 15 is 0 Å². The highest BCUT2D eigenvalue weighted by Crippen LogP contribution is 2.57. The molecule has 2 aromatic heterocycles. The van der Waals surface area contributed by atoms with Crippen molar-refractivity contribution < 1.29 is 18.7 Å². The highest BCUT2D eigenvalue weighted by molar-refractivity contribution is 5.94. The van der Waals surface area contributed by atoms with Crippen molar-refractivity contribution in [3.05, 3.63) is 76.9 Å². The number of aliphatic hydroxyl groups excluding tert-OH is 1. The molecule has 2 aliphatic rings. The van der Waals surface area contributed by atoms with Crippen LogP contribution >= 0.6 is 0 Å². The maximum absolute atomic E-state index is 14.4. The fourth-order valence-corrected chi connectivity index (χ4v) is 4.18. The lowest BCUT2D eigenvalue weighted by Gasteiger charge is -2.16. The van der Waals surface area contributed by atoms with Gasteiger partial charge in [-0.2, -0.15) is 5.10 Å². The smallest absolute Gasteiger partial charge is 0.272 e. The molecule has 6 nitrogen and oxygen atoms in total. The van der Waals surface area contributed by atoms with Gasteiger partial charge in [0.1, 0.15) is 11.5 Å². The highest BCUT2D eigenvalue weighted by atomic mass is 19.1. The number of carbonyl (C=O) groups excluding carboxylic acids is 1. The number of benzene rings is 1. The number of halogens is 2. The summed E-state index contributed by atoms with van der Waals surface area (Å²) in [6, 6.07) is 6.18. The molecule has 1 fully saturated rings. The van der Waals surface area contributed by atoms with Gasteiger partial charge in [0, 0.05) is 29.9 Å². The number of fused-ring (bicyclic) bond motifs is 3. The van der Waals surface area contributed by atoms with Crippen molar-refractivity contribution in [2.45, 2.75) is 24.8 Å². The summed E-state index contributed by atoms with van der Waals surface area (Å²) >= 11 is 0. The number of nitrogens with zero attached hydrogens (tertiary/aromatic N) is 3. The first-order valence-corrected chi connectivity index (χ1v) is 9.45. The van der Waals surface area contributed by atoms with Crippen LogP contribution in [0.25, 0.3) is 5.69 Å². The van der Waals surface area contributed by atoms with Crippen molar-refractivity contribution >= 4 is 5.91 Å². The fraction of sp³-hybridized carbons (Fsp3) is 0.286. The third-order valence-corrected chi connectivity index (χ3v) is 5.69. The van der Waals surface area contributed by atoms with Gasteiger partial charge >= 0.3 is 0 Å². The number of amides is 1. The quantitative estimate of drug-likeness (QED) is 0.695. The first-order chi connectivity index (χ1) is 14.1. The van der Waals surface area contributed by atoms with Gasteiger partial charge in [0.25, 0.3) is 5.91 Å². The summed E-state index contributed by atoms with van der Waals surface area (Å²) in [4.78, 5) is 17.0. The highest BCUT2D eigenvalue weighted by Gasteiger charge is 2.50. The van der Waals surface area contributed by atoms with E-state index in [0.717, 1.165) is 23.7 Å². The molecular formula is C21H18F2N4O2. The van der Waals surface area contributed by atoms with Gasteiger partial charge in [-0.3, -0.25) is 9.78 Å². The first-order valence-electron chi connectivity index (χ1n) is 9.45. The predicted molar refractivity (Wildman–Crippen MR) is 99.6 cm³/mol. The van der Waals surface area contributed by atoms with Gasteiger partial charge in [-0.05, 0) is 42.5 Å². The maximum Gasteiger partial charge on any atom is 0.272 e. The Bertz CT molecular complexity index is 1100. The number of rotatable bonds is 5. The Morgan fingerprint density at radius 2 is 2.21 bits per heavy atom. The van der Waals surface area contributed by atoms with Crippen LogP contribution in [0.3, 0.4) is 0 Å². The third-order valence-electron chi connectivity index (χ3n) is 5.69. The summed E-state index contributed by atoms with van der Waals surface area (Å²) in [5.74, 6) is -1.15. The van der Waals surface area contributed by atoms with Gasteiger partial charge in [-0.25, -0.2) is 13.5 Å². The minimum Gasteiger partial charge on any atom is -0.394 e. The van der Waals surface area contributed by atoms with Gasteiger partial charge in [-0.15, -0.1) is 0 Å². The van der Waals surface area contributed by atoms with Crippen LogP contribution in [0.2, 0.25) is 0 Å². The van der Waals surface area contributed by atoms with Crippen LogP contribution in [0.1, 0.15) is 45.7 Å². The fourth-order valence-electron chi connectivity index (χ4n) is 4.18. The number of hydrogen-bond acceptors (Lipinski definition) is 4. The molecule has 2 N–H and O–H groups in total. The summed E-state index contributed by atoms with van der Waals surface area (Å²) in [6.07, 6.45) is 4.88. The van der Waals surface area contributed by atoms with E-state index in [-0.39, 0.29) is 23.9 Å². The van der Waals surface area contributed by atoms with Crippen molar-refractivity contribution in [1.82, 2.24) is 20.1 Å². The number of aromatic nitrogens is 3. The third kappa shape index (κ3) is 3.00. The zero-order valence-electron chi connectivity index (χ0n) is 15.3. The van der Waals surface area contributed by atoms with Gasteiger partial charge in [0.15, 0.2) is 11.5 Å². The second-order valence-corrected chi connectivity index (χ2v) is 7.52. The summed E-state index contributed by atoms with van der Waals surface area (Å²) in [6.45, 7) is -0.293. The minimum atomic E-state index is -0.727. The van der Waals surface area contributed by atoms with E-state index in [1.165, 1.54) is 16.8 Å². The van der Waals surface area contributed by atoms with Gasteiger partial charge in [0.05, 0.1) is 18.3 Å². The molecule has 2 heterocycles. The number of aliphatic hydroxyl groups is 1.